The van der Waals surface area contributed by atoms with E-state index in [1.165, 1.54) is 31.1 Å². The average molecular weight is 865 g/mol. The van der Waals surface area contributed by atoms with Crippen molar-refractivity contribution in [3.05, 3.63) is 40.6 Å². The second-order valence-corrected chi connectivity index (χ2v) is 17.5. The molecule has 0 bridgehead atoms. The molecule has 0 aliphatic carbocycles. The van der Waals surface area contributed by atoms with Crippen molar-refractivity contribution in [2.24, 2.45) is 17.8 Å². The number of nitro groups is 1. The maximum absolute atomic E-state index is 16.9. The molecule has 1 amide bonds. The topological polar surface area (TPSA) is 198 Å². The third-order valence-electron chi connectivity index (χ3n) is 13.1. The number of cyclic esters (lactones) is 1. The SMILES string of the molecule is CC[C@H]1OC(=O)[C@@](C)(F)C(=O)[C@H](C)[C@@H](O[C@@H]2O[C@H](C)C[C@H](NCCF)[C@@H]2O)[C@](C)(OC)C[C@@H](C)C(=O)[C@H](C)C2N(CCCCn3ccc4cc([N+](=O)[O-])ccc43)C(=O)O[C@@]21C. The lowest BCUT2D eigenvalue weighted by Gasteiger charge is -2.46. The number of fused-ring (bicyclic) bond motifs is 2. The molecule has 61 heavy (non-hydrogen) atoms. The number of esters is 1. The lowest BCUT2D eigenvalue weighted by molar-refractivity contribution is -0.384. The summed E-state index contributed by atoms with van der Waals surface area (Å²) in [6.45, 7) is 12.0. The highest BCUT2D eigenvalue weighted by atomic mass is 19.1. The van der Waals surface area contributed by atoms with E-state index >= 15 is 4.39 Å². The van der Waals surface area contributed by atoms with Gasteiger partial charge in [0.1, 0.15) is 24.7 Å². The number of methoxy groups -OCH3 is 1. The molecule has 1 aromatic carbocycles. The second-order valence-electron chi connectivity index (χ2n) is 17.5. The Morgan fingerprint density at radius 2 is 1.74 bits per heavy atom. The summed E-state index contributed by atoms with van der Waals surface area (Å²) in [7, 11) is 1.35. The van der Waals surface area contributed by atoms with Crippen LogP contribution in [0.4, 0.5) is 19.3 Å². The molecule has 2 N–H and O–H groups in total. The smallest absolute Gasteiger partial charge is 0.410 e. The first-order chi connectivity index (χ1) is 28.6. The van der Waals surface area contributed by atoms with E-state index in [1.807, 2.05) is 10.8 Å². The molecule has 3 aliphatic heterocycles. The fourth-order valence-corrected chi connectivity index (χ4v) is 9.73. The standard InChI is InChI=1S/C43H62F2N4O12/c1-10-32-43(8)35(48(40(54)61-43)19-12-11-18-47-20-15-28-22-29(49(55)56)13-14-31(28)47)26(4)33(50)24(2)23-41(6,57-9)37(27(5)36(52)42(7,45)39(53)59-32)60-38-34(51)30(46-17-16-44)21-25(3)58-38/h13-15,20,22,24-27,30,32,34-35,37-38,46,51H,10-12,16-19,21,23H2,1-9H3/t24-,25-,26+,27+,30+,32-,34+,35?,37-,38+,41-,42+,43-/m1/s1. The van der Waals surface area contributed by atoms with Crippen molar-refractivity contribution in [1.29, 1.82) is 0 Å². The van der Waals surface area contributed by atoms with Gasteiger partial charge < -0.3 is 43.6 Å². The van der Waals surface area contributed by atoms with E-state index in [0.29, 0.717) is 31.2 Å². The van der Waals surface area contributed by atoms with Crippen LogP contribution in [0.1, 0.15) is 87.5 Å². The first-order valence-corrected chi connectivity index (χ1v) is 21.2. The van der Waals surface area contributed by atoms with E-state index < -0.39 is 107 Å². The number of aliphatic hydroxyl groups is 1. The van der Waals surface area contributed by atoms with Gasteiger partial charge in [-0.25, -0.2) is 18.4 Å². The molecule has 3 aliphatic rings. The first kappa shape index (κ1) is 47.9. The molecule has 18 heteroatoms. The van der Waals surface area contributed by atoms with E-state index in [2.05, 4.69) is 5.32 Å². The Labute approximate surface area is 355 Å². The number of benzene rings is 1. The van der Waals surface area contributed by atoms with Crippen molar-refractivity contribution in [3.8, 4) is 0 Å². The first-order valence-electron chi connectivity index (χ1n) is 21.2. The molecular weight excluding hydrogens is 802 g/mol. The van der Waals surface area contributed by atoms with Crippen molar-refractivity contribution in [1.82, 2.24) is 14.8 Å². The Bertz CT molecular complexity index is 1930. The second kappa shape index (κ2) is 19.1. The maximum Gasteiger partial charge on any atom is 0.410 e. The van der Waals surface area contributed by atoms with Gasteiger partial charge in [0.05, 0.1) is 28.8 Å². The van der Waals surface area contributed by atoms with Crippen LogP contribution in [-0.2, 0) is 44.6 Å². The summed E-state index contributed by atoms with van der Waals surface area (Å²) in [5.41, 5.74) is -5.64. The monoisotopic (exact) mass is 864 g/mol. The predicted octanol–water partition coefficient (Wildman–Crippen LogP) is 5.62. The normalized spacial score (nSPS) is 36.7. The molecule has 0 saturated carbocycles. The third kappa shape index (κ3) is 9.62. The molecule has 3 saturated heterocycles. The van der Waals surface area contributed by atoms with E-state index in [4.69, 9.17) is 23.7 Å². The fourth-order valence-electron chi connectivity index (χ4n) is 9.73. The Balaban J connectivity index is 1.46. The zero-order valence-corrected chi connectivity index (χ0v) is 36.6. The zero-order valence-electron chi connectivity index (χ0n) is 36.6. The zero-order chi connectivity index (χ0) is 45.2. The minimum absolute atomic E-state index is 0.0165. The minimum atomic E-state index is -3.24. The van der Waals surface area contributed by atoms with Crippen molar-refractivity contribution in [2.45, 2.75) is 154 Å². The van der Waals surface area contributed by atoms with E-state index in [9.17, 15) is 38.8 Å². The van der Waals surface area contributed by atoms with Crippen LogP contribution in [0.25, 0.3) is 10.9 Å². The number of carbonyl (C=O) groups excluding carboxylic acids is 4. The molecule has 0 radical (unpaired) electrons. The van der Waals surface area contributed by atoms with Gasteiger partial charge in [-0.3, -0.25) is 19.7 Å². The summed E-state index contributed by atoms with van der Waals surface area (Å²) in [4.78, 5) is 69.0. The Kier molecular flexibility index (Phi) is 15.0. The number of alkyl halides is 2. The Morgan fingerprint density at radius 3 is 2.38 bits per heavy atom. The molecule has 16 nitrogen and oxygen atoms in total. The molecule has 13 atom stereocenters. The molecular formula is C43H62F2N4O12. The van der Waals surface area contributed by atoms with Crippen LogP contribution in [0.2, 0.25) is 0 Å². The van der Waals surface area contributed by atoms with Gasteiger partial charge in [0.15, 0.2) is 17.7 Å². The van der Waals surface area contributed by atoms with Crippen LogP contribution >= 0.6 is 0 Å². The van der Waals surface area contributed by atoms with Gasteiger partial charge in [-0.05, 0) is 71.9 Å². The summed E-state index contributed by atoms with van der Waals surface area (Å²) in [5, 5.41) is 26.3. The number of amides is 1. The molecule has 1 aromatic heterocycles. The number of carbonyl (C=O) groups is 4. The largest absolute Gasteiger partial charge is 0.455 e. The number of hydrogen-bond donors (Lipinski definition) is 2. The number of nitrogens with zero attached hydrogens (tertiary/aromatic N) is 3. The van der Waals surface area contributed by atoms with Gasteiger partial charge in [0, 0.05) is 79.8 Å². The van der Waals surface area contributed by atoms with Gasteiger partial charge in [0.2, 0.25) is 0 Å². The molecule has 1 unspecified atom stereocenters. The molecule has 4 heterocycles. The van der Waals surface area contributed by atoms with Crippen LogP contribution in [0.15, 0.2) is 30.5 Å². The molecule has 5 rings (SSSR count). The number of ether oxygens (including phenoxy) is 5. The van der Waals surface area contributed by atoms with Crippen molar-refractivity contribution in [3.63, 3.8) is 0 Å². The summed E-state index contributed by atoms with van der Waals surface area (Å²) in [6.07, 6.45) is -3.52. The number of aliphatic hydroxyl groups excluding tert-OH is 1. The number of hydrogen-bond acceptors (Lipinski definition) is 13. The highest BCUT2D eigenvalue weighted by Crippen LogP contribution is 2.44. The van der Waals surface area contributed by atoms with E-state index in [0.717, 1.165) is 12.4 Å². The minimum Gasteiger partial charge on any atom is -0.455 e. The number of ketones is 2. The summed E-state index contributed by atoms with van der Waals surface area (Å²) in [5.74, 6) is -6.20. The lowest BCUT2D eigenvalue weighted by Crippen LogP contribution is -2.62. The number of nitrogens with one attached hydrogen (secondary N) is 1. The predicted molar refractivity (Wildman–Crippen MR) is 218 cm³/mol. The Morgan fingerprint density at radius 1 is 1.05 bits per heavy atom. The van der Waals surface area contributed by atoms with Gasteiger partial charge in [-0.15, -0.1) is 0 Å². The number of unbranched alkanes of at least 4 members (excludes halogenated alkanes) is 1. The molecule has 0 spiro atoms. The van der Waals surface area contributed by atoms with Crippen LogP contribution in [0.3, 0.4) is 0 Å². The van der Waals surface area contributed by atoms with Crippen LogP contribution in [0, 0.1) is 27.9 Å². The summed E-state index contributed by atoms with van der Waals surface area (Å²) >= 11 is 0. The van der Waals surface area contributed by atoms with Crippen LogP contribution < -0.4 is 5.32 Å². The van der Waals surface area contributed by atoms with E-state index in [-0.39, 0.29) is 37.4 Å². The van der Waals surface area contributed by atoms with Gasteiger partial charge in [-0.1, -0.05) is 27.7 Å². The third-order valence-corrected chi connectivity index (χ3v) is 13.1. The number of halogens is 2. The molecule has 2 aromatic rings. The van der Waals surface area contributed by atoms with Gasteiger partial charge in [0.25, 0.3) is 11.4 Å². The molecule has 3 fully saturated rings. The van der Waals surface area contributed by atoms with Crippen LogP contribution in [0.5, 0.6) is 0 Å². The van der Waals surface area contributed by atoms with Gasteiger partial charge >= 0.3 is 12.1 Å². The van der Waals surface area contributed by atoms with Gasteiger partial charge in [-0.2, -0.15) is 0 Å². The summed E-state index contributed by atoms with van der Waals surface area (Å²) < 4.78 is 62.3. The number of rotatable bonds is 13. The highest BCUT2D eigenvalue weighted by molar-refractivity contribution is 6.08. The highest BCUT2D eigenvalue weighted by Gasteiger charge is 2.61. The number of non-ortho nitro benzene ring substituents is 1. The van der Waals surface area contributed by atoms with Crippen molar-refractivity contribution >= 4 is 40.2 Å². The molecule has 340 valence electrons. The summed E-state index contributed by atoms with van der Waals surface area (Å²) in [6, 6.07) is 4.77. The van der Waals surface area contributed by atoms with E-state index in [1.54, 1.807) is 53.7 Å². The Hall–Kier alpha value is -4.10. The number of aromatic nitrogens is 1. The van der Waals surface area contributed by atoms with Crippen molar-refractivity contribution < 1.29 is 61.7 Å². The average Bonchev–Trinajstić information content (AvgIpc) is 3.75. The fraction of sp³-hybridized carbons (Fsp3) is 0.721. The number of Topliss-reactive ketones (excluding diaryl/α,β-unsaturated/α-hetero) is 2. The number of aryl methyl sites for hydroxylation is 1. The number of nitro benzene ring substituents is 1. The maximum atomic E-state index is 16.9. The quantitative estimate of drug-likeness (QED) is 0.0828. The lowest BCUT2D eigenvalue weighted by atomic mass is 9.73. The van der Waals surface area contributed by atoms with Crippen molar-refractivity contribution in [2.75, 3.05) is 26.9 Å². The van der Waals surface area contributed by atoms with Crippen LogP contribution in [-0.4, -0.2) is 130 Å².